The summed E-state index contributed by atoms with van der Waals surface area (Å²) in [7, 11) is 0. The van der Waals surface area contributed by atoms with Crippen molar-refractivity contribution in [2.45, 2.75) is 96.5 Å². The smallest absolute Gasteiger partial charge is 0.306 e. The molecular weight excluding hydrogens is 478 g/mol. The number of carbonyl (C=O) groups excluding carboxylic acids is 1. The summed E-state index contributed by atoms with van der Waals surface area (Å²) in [6, 6.07) is 0. The van der Waals surface area contributed by atoms with Gasteiger partial charge in [0.2, 0.25) is 0 Å². The van der Waals surface area contributed by atoms with Crippen LogP contribution in [-0.4, -0.2) is 25.9 Å². The van der Waals surface area contributed by atoms with E-state index < -0.39 is 5.60 Å². The number of fused-ring (bicyclic) bond motifs is 1. The van der Waals surface area contributed by atoms with Crippen LogP contribution in [0.2, 0.25) is 5.15 Å². The lowest BCUT2D eigenvalue weighted by Crippen LogP contribution is -2.23. The molecule has 31 heavy (non-hydrogen) atoms. The Kier molecular flexibility index (Phi) is 8.57. The molecular formula is C24H33BrClN3O2. The highest BCUT2D eigenvalue weighted by Crippen LogP contribution is 2.36. The number of hydrogen-bond acceptors (Lipinski definition) is 4. The molecule has 0 radical (unpaired) electrons. The minimum Gasteiger partial charge on any atom is -0.460 e. The molecule has 0 spiro atoms. The van der Waals surface area contributed by atoms with E-state index in [1.165, 1.54) is 32.1 Å². The third-order valence-electron chi connectivity index (χ3n) is 5.56. The highest BCUT2D eigenvalue weighted by molar-refractivity contribution is 9.10. The fraction of sp³-hybridized carbons (Fsp3) is 0.625. The molecule has 5 nitrogen and oxygen atoms in total. The Bertz CT molecular complexity index is 927. The van der Waals surface area contributed by atoms with Crippen molar-refractivity contribution >= 4 is 45.1 Å². The molecule has 1 aliphatic carbocycles. The molecule has 0 aromatic carbocycles. The molecule has 0 atom stereocenters. The van der Waals surface area contributed by atoms with Crippen molar-refractivity contribution in [3.63, 3.8) is 0 Å². The Morgan fingerprint density at radius 1 is 1.26 bits per heavy atom. The van der Waals surface area contributed by atoms with Crippen LogP contribution in [0, 0.1) is 0 Å². The first kappa shape index (κ1) is 24.2. The lowest BCUT2D eigenvalue weighted by Gasteiger charge is -2.21. The molecule has 2 aromatic heterocycles. The van der Waals surface area contributed by atoms with Crippen LogP contribution in [0.1, 0.15) is 102 Å². The fourth-order valence-electron chi connectivity index (χ4n) is 4.15. The Labute approximate surface area is 198 Å². The number of ether oxygens (including phenoxy) is 1. The zero-order valence-corrected chi connectivity index (χ0v) is 21.1. The van der Waals surface area contributed by atoms with Gasteiger partial charge in [0.1, 0.15) is 21.5 Å². The lowest BCUT2D eigenvalue weighted by molar-refractivity contribution is -0.154. The van der Waals surface area contributed by atoms with Gasteiger partial charge in [0.15, 0.2) is 5.15 Å². The number of hydrogen-bond donors (Lipinski definition) is 0. The average molecular weight is 511 g/mol. The van der Waals surface area contributed by atoms with Crippen molar-refractivity contribution in [2.24, 2.45) is 0 Å². The first-order valence-electron chi connectivity index (χ1n) is 11.4. The molecule has 2 heterocycles. The number of esters is 1. The lowest BCUT2D eigenvalue weighted by atomic mass is 9.89. The maximum absolute atomic E-state index is 11.8. The van der Waals surface area contributed by atoms with Gasteiger partial charge < -0.3 is 4.74 Å². The summed E-state index contributed by atoms with van der Waals surface area (Å²) in [6.45, 7) is 5.70. The van der Waals surface area contributed by atoms with Crippen molar-refractivity contribution < 1.29 is 9.53 Å². The summed E-state index contributed by atoms with van der Waals surface area (Å²) in [5, 5.41) is 0.473. The predicted molar refractivity (Wildman–Crippen MR) is 129 cm³/mol. The minimum atomic E-state index is -0.406. The monoisotopic (exact) mass is 509 g/mol. The largest absolute Gasteiger partial charge is 0.460 e. The molecule has 170 valence electrons. The van der Waals surface area contributed by atoms with E-state index in [1.807, 2.05) is 27.0 Å². The first-order chi connectivity index (χ1) is 14.8. The van der Waals surface area contributed by atoms with E-state index in [4.69, 9.17) is 21.3 Å². The SMILES string of the molecule is CC(C)(C)OC(=O)CCCCC/C=C/c1cnc(Cl)c2c(Br)nc(C3CCCCC3)n12. The molecule has 7 heteroatoms. The maximum atomic E-state index is 11.8. The first-order valence-corrected chi connectivity index (χ1v) is 12.5. The van der Waals surface area contributed by atoms with Crippen LogP contribution in [0.3, 0.4) is 0 Å². The van der Waals surface area contributed by atoms with Gasteiger partial charge in [-0.2, -0.15) is 0 Å². The van der Waals surface area contributed by atoms with Crippen LogP contribution in [0.15, 0.2) is 16.9 Å². The number of halogens is 2. The van der Waals surface area contributed by atoms with Crippen molar-refractivity contribution in [2.75, 3.05) is 0 Å². The van der Waals surface area contributed by atoms with Gasteiger partial charge in [0.05, 0.1) is 11.9 Å². The second-order valence-electron chi connectivity index (χ2n) is 9.34. The van der Waals surface area contributed by atoms with Crippen LogP contribution in [0.4, 0.5) is 0 Å². The van der Waals surface area contributed by atoms with E-state index in [0.717, 1.165) is 47.3 Å². The van der Waals surface area contributed by atoms with E-state index in [2.05, 4.69) is 37.5 Å². The molecule has 1 saturated carbocycles. The minimum absolute atomic E-state index is 0.112. The number of carbonyl (C=O) groups is 1. The van der Waals surface area contributed by atoms with Crippen LogP contribution in [-0.2, 0) is 9.53 Å². The van der Waals surface area contributed by atoms with Crippen LogP contribution in [0.25, 0.3) is 11.6 Å². The average Bonchev–Trinajstić information content (AvgIpc) is 3.06. The van der Waals surface area contributed by atoms with Gasteiger partial charge in [-0.1, -0.05) is 43.4 Å². The van der Waals surface area contributed by atoms with Gasteiger partial charge in [-0.05, 0) is 74.9 Å². The quantitative estimate of drug-likeness (QED) is 0.272. The Morgan fingerprint density at radius 3 is 2.71 bits per heavy atom. The van der Waals surface area contributed by atoms with Gasteiger partial charge in [-0.25, -0.2) is 9.97 Å². The zero-order chi connectivity index (χ0) is 22.4. The Morgan fingerprint density at radius 2 is 2.00 bits per heavy atom. The van der Waals surface area contributed by atoms with E-state index in [1.54, 1.807) is 0 Å². The summed E-state index contributed by atoms with van der Waals surface area (Å²) in [5.74, 6) is 1.44. The summed E-state index contributed by atoms with van der Waals surface area (Å²) >= 11 is 10.00. The molecule has 3 rings (SSSR count). The van der Waals surface area contributed by atoms with Gasteiger partial charge in [-0.3, -0.25) is 9.20 Å². The molecule has 0 saturated heterocycles. The van der Waals surface area contributed by atoms with E-state index in [-0.39, 0.29) is 5.97 Å². The van der Waals surface area contributed by atoms with E-state index in [0.29, 0.717) is 17.5 Å². The summed E-state index contributed by atoms with van der Waals surface area (Å²) in [6.07, 6.45) is 16.6. The number of aromatic nitrogens is 3. The third kappa shape index (κ3) is 6.79. The normalized spacial score (nSPS) is 15.8. The Balaban J connectivity index is 1.60. The van der Waals surface area contributed by atoms with Gasteiger partial charge >= 0.3 is 5.97 Å². The molecule has 0 unspecified atom stereocenters. The summed E-state index contributed by atoms with van der Waals surface area (Å²) < 4.78 is 8.30. The number of imidazole rings is 1. The van der Waals surface area contributed by atoms with Crippen LogP contribution < -0.4 is 0 Å². The van der Waals surface area contributed by atoms with Crippen molar-refractivity contribution in [1.82, 2.24) is 14.4 Å². The topological polar surface area (TPSA) is 56.5 Å². The third-order valence-corrected chi connectivity index (χ3v) is 6.38. The van der Waals surface area contributed by atoms with E-state index >= 15 is 0 Å². The standard InChI is InChI=1S/C24H33BrClN3O2/c1-24(2,3)31-19(30)15-11-6-4-5-10-14-18-16-27-22(26)20-21(25)28-23(29(18)20)17-12-8-7-9-13-17/h10,14,16-17H,4-9,11-13,15H2,1-3H3/b14-10+. The number of nitrogens with zero attached hydrogens (tertiary/aromatic N) is 3. The maximum Gasteiger partial charge on any atom is 0.306 e. The van der Waals surface area contributed by atoms with Crippen LogP contribution >= 0.6 is 27.5 Å². The second kappa shape index (κ2) is 11.0. The van der Waals surface area contributed by atoms with E-state index in [9.17, 15) is 4.79 Å². The fourth-order valence-corrected chi connectivity index (χ4v) is 5.03. The molecule has 2 aromatic rings. The highest BCUT2D eigenvalue weighted by Gasteiger charge is 2.24. The van der Waals surface area contributed by atoms with Gasteiger partial charge in [0.25, 0.3) is 0 Å². The molecule has 1 fully saturated rings. The molecule has 1 aliphatic rings. The predicted octanol–water partition coefficient (Wildman–Crippen LogP) is 7.50. The molecule has 0 N–H and O–H groups in total. The number of allylic oxidation sites excluding steroid dienone is 1. The molecule has 0 aliphatic heterocycles. The second-order valence-corrected chi connectivity index (χ2v) is 10.5. The summed E-state index contributed by atoms with van der Waals surface area (Å²) in [4.78, 5) is 21.0. The van der Waals surface area contributed by atoms with Crippen molar-refractivity contribution in [1.29, 1.82) is 0 Å². The highest BCUT2D eigenvalue weighted by atomic mass is 79.9. The molecule has 0 amide bonds. The zero-order valence-electron chi connectivity index (χ0n) is 18.8. The van der Waals surface area contributed by atoms with Crippen molar-refractivity contribution in [3.8, 4) is 0 Å². The van der Waals surface area contributed by atoms with Gasteiger partial charge in [0, 0.05) is 12.3 Å². The van der Waals surface area contributed by atoms with Crippen LogP contribution in [0.5, 0.6) is 0 Å². The van der Waals surface area contributed by atoms with Crippen molar-refractivity contribution in [3.05, 3.63) is 33.5 Å². The summed E-state index contributed by atoms with van der Waals surface area (Å²) in [5.41, 5.74) is 1.45. The Hall–Kier alpha value is -1.40. The van der Waals surface area contributed by atoms with Gasteiger partial charge in [-0.15, -0.1) is 0 Å². The number of rotatable bonds is 8. The molecule has 0 bridgehead atoms. The number of unbranched alkanes of at least 4 members (excludes halogenated alkanes) is 3.